The smallest absolute Gasteiger partial charge is 0.332 e. The molecule has 3 aromatic rings. The molecule has 1 N–H and O–H groups in total. The van der Waals surface area contributed by atoms with Crippen molar-refractivity contribution in [3.8, 4) is 0 Å². The molecule has 0 saturated carbocycles. The first-order valence-electron chi connectivity index (χ1n) is 11.9. The number of anilines is 2. The van der Waals surface area contributed by atoms with E-state index in [1.807, 2.05) is 47.2 Å². The van der Waals surface area contributed by atoms with Gasteiger partial charge in [-0.2, -0.15) is 0 Å². The summed E-state index contributed by atoms with van der Waals surface area (Å²) in [6, 6.07) is 16.4. The summed E-state index contributed by atoms with van der Waals surface area (Å²) < 4.78 is 27.9. The van der Waals surface area contributed by atoms with Crippen molar-refractivity contribution >= 4 is 21.3 Å². The first kappa shape index (κ1) is 25.7. The second-order valence-corrected chi connectivity index (χ2v) is 11.8. The lowest BCUT2D eigenvalue weighted by atomic mass is 10.1. The summed E-state index contributed by atoms with van der Waals surface area (Å²) in [5, 5.41) is 8.74. The standard InChI is InChI=1S/C26H32N4O5S/c1-18(2)36(34,35)21-13-11-20(12-14-21)23-27(3)24-22(30(23)17-19-9-6-5-7-10-19)25(32)29(15-8-16-31)26(33)28(24)4/h5-7,9-14,18,23,31H,8,15-17H2,1-4H3. The van der Waals surface area contributed by atoms with E-state index >= 15 is 0 Å². The second kappa shape index (κ2) is 9.94. The van der Waals surface area contributed by atoms with E-state index in [2.05, 4.69) is 0 Å². The van der Waals surface area contributed by atoms with Gasteiger partial charge in [0.1, 0.15) is 17.7 Å². The van der Waals surface area contributed by atoms with Gasteiger partial charge in [-0.1, -0.05) is 42.5 Å². The minimum absolute atomic E-state index is 0.116. The summed E-state index contributed by atoms with van der Waals surface area (Å²) in [6.07, 6.45) is -0.152. The molecule has 0 fully saturated rings. The highest BCUT2D eigenvalue weighted by Crippen LogP contribution is 2.43. The van der Waals surface area contributed by atoms with E-state index < -0.39 is 32.5 Å². The SMILES string of the molecule is CC(C)S(=O)(=O)c1ccc(C2N(C)c3c(c(=O)n(CCCO)c(=O)n3C)N2Cc2ccccc2)cc1. The molecule has 0 amide bonds. The van der Waals surface area contributed by atoms with E-state index in [9.17, 15) is 23.1 Å². The molecule has 0 radical (unpaired) electrons. The van der Waals surface area contributed by atoms with Gasteiger partial charge in [-0.15, -0.1) is 0 Å². The van der Waals surface area contributed by atoms with Crippen LogP contribution in [0.1, 0.15) is 37.6 Å². The molecule has 0 bridgehead atoms. The Bertz CT molecular complexity index is 1460. The van der Waals surface area contributed by atoms with Crippen LogP contribution in [0.5, 0.6) is 0 Å². The van der Waals surface area contributed by atoms with Gasteiger partial charge >= 0.3 is 5.69 Å². The summed E-state index contributed by atoms with van der Waals surface area (Å²) in [5.41, 5.74) is 1.31. The molecule has 1 unspecified atom stereocenters. The average Bonchev–Trinajstić information content (AvgIpc) is 3.15. The molecule has 192 valence electrons. The van der Waals surface area contributed by atoms with E-state index in [0.29, 0.717) is 18.1 Å². The Labute approximate surface area is 210 Å². The van der Waals surface area contributed by atoms with Crippen LogP contribution in [0.3, 0.4) is 0 Å². The number of rotatable bonds is 8. The maximum Gasteiger partial charge on any atom is 0.332 e. The highest BCUT2D eigenvalue weighted by Gasteiger charge is 2.40. The van der Waals surface area contributed by atoms with Gasteiger partial charge in [0.15, 0.2) is 9.84 Å². The van der Waals surface area contributed by atoms with Crippen LogP contribution in [-0.4, -0.2) is 41.6 Å². The Balaban J connectivity index is 1.88. The number of benzene rings is 2. The zero-order valence-electron chi connectivity index (χ0n) is 21.0. The van der Waals surface area contributed by atoms with Crippen molar-refractivity contribution in [2.45, 2.75) is 49.7 Å². The third-order valence-corrected chi connectivity index (χ3v) is 8.81. The third kappa shape index (κ3) is 4.35. The number of fused-ring (bicyclic) bond motifs is 1. The maximum atomic E-state index is 13.6. The number of aliphatic hydroxyl groups excluding tert-OH is 1. The molecule has 2 heterocycles. The van der Waals surface area contributed by atoms with Crippen LogP contribution in [-0.2, 0) is 30.0 Å². The molecule has 4 rings (SSSR count). The zero-order valence-corrected chi connectivity index (χ0v) is 21.8. The van der Waals surface area contributed by atoms with Crippen molar-refractivity contribution in [1.82, 2.24) is 9.13 Å². The fourth-order valence-corrected chi connectivity index (χ4v) is 5.78. The van der Waals surface area contributed by atoms with Crippen LogP contribution in [0.4, 0.5) is 11.5 Å². The van der Waals surface area contributed by atoms with E-state index in [0.717, 1.165) is 11.1 Å². The predicted molar refractivity (Wildman–Crippen MR) is 140 cm³/mol. The summed E-state index contributed by atoms with van der Waals surface area (Å²) in [4.78, 5) is 30.8. The monoisotopic (exact) mass is 512 g/mol. The number of hydrogen-bond acceptors (Lipinski definition) is 7. The van der Waals surface area contributed by atoms with Crippen molar-refractivity contribution in [3.05, 3.63) is 86.6 Å². The Hall–Kier alpha value is -3.37. The van der Waals surface area contributed by atoms with Gasteiger partial charge in [-0.25, -0.2) is 13.2 Å². The summed E-state index contributed by atoms with van der Waals surface area (Å²) >= 11 is 0. The first-order valence-corrected chi connectivity index (χ1v) is 13.5. The number of sulfone groups is 1. The van der Waals surface area contributed by atoms with Crippen LogP contribution < -0.4 is 21.0 Å². The van der Waals surface area contributed by atoms with Crippen LogP contribution in [0, 0.1) is 0 Å². The maximum absolute atomic E-state index is 13.6. The average molecular weight is 513 g/mol. The summed E-state index contributed by atoms with van der Waals surface area (Å²) in [6.45, 7) is 3.69. The van der Waals surface area contributed by atoms with Crippen molar-refractivity contribution in [3.63, 3.8) is 0 Å². The van der Waals surface area contributed by atoms with Gasteiger partial charge < -0.3 is 14.9 Å². The van der Waals surface area contributed by atoms with Crippen LogP contribution >= 0.6 is 0 Å². The highest BCUT2D eigenvalue weighted by molar-refractivity contribution is 7.92. The molecule has 1 atom stereocenters. The van der Waals surface area contributed by atoms with Gasteiger partial charge in [0.05, 0.1) is 10.1 Å². The summed E-state index contributed by atoms with van der Waals surface area (Å²) in [5.74, 6) is 0.491. The van der Waals surface area contributed by atoms with Gasteiger partial charge in [-0.05, 0) is 43.5 Å². The Morgan fingerprint density at radius 2 is 1.61 bits per heavy atom. The fourth-order valence-electron chi connectivity index (χ4n) is 4.72. The predicted octanol–water partition coefficient (Wildman–Crippen LogP) is 2.27. The van der Waals surface area contributed by atoms with Gasteiger partial charge in [0, 0.05) is 33.8 Å². The molecule has 0 saturated heterocycles. The minimum atomic E-state index is -3.43. The normalized spacial score (nSPS) is 15.6. The van der Waals surface area contributed by atoms with Crippen molar-refractivity contribution in [2.75, 3.05) is 23.5 Å². The van der Waals surface area contributed by atoms with E-state index in [4.69, 9.17) is 0 Å². The quantitative estimate of drug-likeness (QED) is 0.494. The Morgan fingerprint density at radius 1 is 0.972 bits per heavy atom. The lowest BCUT2D eigenvalue weighted by molar-refractivity contribution is 0.277. The number of hydrogen-bond donors (Lipinski definition) is 1. The molecule has 0 spiro atoms. The number of aliphatic hydroxyl groups is 1. The number of nitrogens with zero attached hydrogens (tertiary/aromatic N) is 4. The van der Waals surface area contributed by atoms with E-state index in [1.165, 1.54) is 9.13 Å². The van der Waals surface area contributed by atoms with Gasteiger partial charge in [0.25, 0.3) is 5.56 Å². The van der Waals surface area contributed by atoms with E-state index in [-0.39, 0.29) is 24.5 Å². The van der Waals surface area contributed by atoms with Crippen LogP contribution in [0.15, 0.2) is 69.1 Å². The topological polar surface area (TPSA) is 105 Å². The molecular weight excluding hydrogens is 480 g/mol. The van der Waals surface area contributed by atoms with Crippen molar-refractivity contribution in [1.29, 1.82) is 0 Å². The molecule has 9 nitrogen and oxygen atoms in total. The zero-order chi connectivity index (χ0) is 26.2. The van der Waals surface area contributed by atoms with Gasteiger partial charge in [0.2, 0.25) is 0 Å². The lowest BCUT2D eigenvalue weighted by Gasteiger charge is -2.31. The summed E-state index contributed by atoms with van der Waals surface area (Å²) in [7, 11) is 0.0301. The first-order chi connectivity index (χ1) is 17.1. The Morgan fingerprint density at radius 3 is 2.19 bits per heavy atom. The van der Waals surface area contributed by atoms with Crippen LogP contribution in [0.25, 0.3) is 0 Å². The number of aromatic nitrogens is 2. The molecule has 2 aromatic carbocycles. The largest absolute Gasteiger partial charge is 0.396 e. The molecule has 36 heavy (non-hydrogen) atoms. The molecule has 1 aromatic heterocycles. The second-order valence-electron chi connectivity index (χ2n) is 9.31. The molecule has 1 aliphatic rings. The lowest BCUT2D eigenvalue weighted by Crippen LogP contribution is -2.41. The van der Waals surface area contributed by atoms with E-state index in [1.54, 1.807) is 45.2 Å². The van der Waals surface area contributed by atoms with Gasteiger partial charge in [-0.3, -0.25) is 13.9 Å². The minimum Gasteiger partial charge on any atom is -0.396 e. The van der Waals surface area contributed by atoms with Crippen LogP contribution in [0.2, 0.25) is 0 Å². The fraction of sp³-hybridized carbons (Fsp3) is 0.385. The molecule has 0 aliphatic carbocycles. The molecule has 1 aliphatic heterocycles. The Kier molecular flexibility index (Phi) is 7.10. The molecule has 10 heteroatoms. The molecular formula is C26H32N4O5S. The van der Waals surface area contributed by atoms with Crippen molar-refractivity contribution in [2.24, 2.45) is 7.05 Å². The third-order valence-electron chi connectivity index (χ3n) is 6.64. The highest BCUT2D eigenvalue weighted by atomic mass is 32.2. The van der Waals surface area contributed by atoms with Crippen molar-refractivity contribution < 1.29 is 13.5 Å².